The lowest BCUT2D eigenvalue weighted by molar-refractivity contribution is 0.0686. The van der Waals surface area contributed by atoms with Gasteiger partial charge in [-0.25, -0.2) is 4.79 Å². The van der Waals surface area contributed by atoms with Crippen molar-refractivity contribution in [1.29, 1.82) is 0 Å². The molecule has 0 aliphatic heterocycles. The minimum absolute atomic E-state index is 0.0134. The van der Waals surface area contributed by atoms with Crippen LogP contribution in [0.5, 0.6) is 11.6 Å². The van der Waals surface area contributed by atoms with E-state index >= 15 is 0 Å². The number of rotatable bonds is 3. The zero-order valence-electron chi connectivity index (χ0n) is 9.85. The highest BCUT2D eigenvalue weighted by Gasteiger charge is 2.20. The number of ether oxygens (including phenoxy) is 1. The number of carbonyl (C=O) groups is 1. The highest BCUT2D eigenvalue weighted by molar-refractivity contribution is 5.89. The predicted molar refractivity (Wildman–Crippen MR) is 68.7 cm³/mol. The average Bonchev–Trinajstić information content (AvgIpc) is 2.77. The molecule has 5 nitrogen and oxygen atoms in total. The topological polar surface area (TPSA) is 63.8 Å². The molecule has 2 aromatic heterocycles. The second kappa shape index (κ2) is 4.45. The molecular weight excluding hydrogens is 244 g/mol. The highest BCUT2D eigenvalue weighted by atomic mass is 16.5. The molecule has 5 heteroatoms. The van der Waals surface area contributed by atoms with Crippen molar-refractivity contribution in [3.63, 3.8) is 0 Å². The smallest absolute Gasteiger partial charge is 0.358 e. The van der Waals surface area contributed by atoms with Gasteiger partial charge in [0.15, 0.2) is 5.69 Å². The van der Waals surface area contributed by atoms with Gasteiger partial charge >= 0.3 is 5.97 Å². The van der Waals surface area contributed by atoms with Gasteiger partial charge in [-0.05, 0) is 24.3 Å². The molecule has 3 rings (SSSR count). The predicted octanol–water partition coefficient (Wildman–Crippen LogP) is 2.82. The summed E-state index contributed by atoms with van der Waals surface area (Å²) in [5.74, 6) is -0.442. The third kappa shape index (κ3) is 2.01. The van der Waals surface area contributed by atoms with E-state index in [4.69, 9.17) is 4.74 Å². The number of benzene rings is 1. The van der Waals surface area contributed by atoms with Crippen LogP contribution in [0.25, 0.3) is 5.65 Å². The van der Waals surface area contributed by atoms with Crippen LogP contribution in [0, 0.1) is 0 Å². The van der Waals surface area contributed by atoms with Crippen LogP contribution in [-0.2, 0) is 0 Å². The monoisotopic (exact) mass is 254 g/mol. The Kier molecular flexibility index (Phi) is 2.64. The van der Waals surface area contributed by atoms with Gasteiger partial charge in [0.2, 0.25) is 0 Å². The Hall–Kier alpha value is -2.82. The van der Waals surface area contributed by atoms with Crippen LogP contribution in [0.3, 0.4) is 0 Å². The highest BCUT2D eigenvalue weighted by Crippen LogP contribution is 2.25. The fraction of sp³-hybridized carbons (Fsp3) is 0. The molecule has 1 aromatic carbocycles. The Morgan fingerprint density at radius 1 is 1.11 bits per heavy atom. The molecule has 0 amide bonds. The number of aromatic carboxylic acids is 1. The molecule has 0 bridgehead atoms. The fourth-order valence-corrected chi connectivity index (χ4v) is 1.84. The van der Waals surface area contributed by atoms with Gasteiger partial charge in [0, 0.05) is 6.20 Å². The first-order valence-electron chi connectivity index (χ1n) is 5.69. The van der Waals surface area contributed by atoms with Crippen molar-refractivity contribution >= 4 is 11.6 Å². The molecule has 1 N–H and O–H groups in total. The molecule has 2 heterocycles. The second-order valence-corrected chi connectivity index (χ2v) is 3.91. The van der Waals surface area contributed by atoms with E-state index in [0.717, 1.165) is 0 Å². The average molecular weight is 254 g/mol. The molecule has 0 aliphatic carbocycles. The van der Waals surface area contributed by atoms with Crippen molar-refractivity contribution in [2.24, 2.45) is 0 Å². The molecule has 3 aromatic rings. The van der Waals surface area contributed by atoms with Crippen LogP contribution in [0.2, 0.25) is 0 Å². The number of pyridine rings is 1. The van der Waals surface area contributed by atoms with Gasteiger partial charge in [0.1, 0.15) is 11.4 Å². The molecule has 0 saturated carbocycles. The van der Waals surface area contributed by atoms with Gasteiger partial charge in [-0.2, -0.15) is 4.98 Å². The van der Waals surface area contributed by atoms with Crippen LogP contribution in [0.15, 0.2) is 54.7 Å². The number of hydrogen-bond donors (Lipinski definition) is 1. The van der Waals surface area contributed by atoms with Gasteiger partial charge in [0.05, 0.1) is 0 Å². The number of fused-ring (bicyclic) bond motifs is 1. The standard InChI is InChI=1S/C14H10N2O3/c17-14(18)12-13(19-10-6-2-1-3-7-10)15-11-8-4-5-9-16(11)12/h1-9H,(H,17,18). The number of imidazole rings is 1. The van der Waals surface area contributed by atoms with E-state index in [1.54, 1.807) is 36.5 Å². The number of aromatic nitrogens is 2. The number of nitrogens with zero attached hydrogens (tertiary/aromatic N) is 2. The first-order chi connectivity index (χ1) is 9.25. The van der Waals surface area contributed by atoms with E-state index in [-0.39, 0.29) is 11.6 Å². The minimum Gasteiger partial charge on any atom is -0.476 e. The molecule has 0 fully saturated rings. The Morgan fingerprint density at radius 2 is 1.84 bits per heavy atom. The molecule has 0 unspecified atom stereocenters. The fourth-order valence-electron chi connectivity index (χ4n) is 1.84. The summed E-state index contributed by atoms with van der Waals surface area (Å²) in [6.45, 7) is 0. The zero-order valence-corrected chi connectivity index (χ0v) is 9.85. The third-order valence-corrected chi connectivity index (χ3v) is 2.66. The number of hydrogen-bond acceptors (Lipinski definition) is 3. The minimum atomic E-state index is -1.08. The summed E-state index contributed by atoms with van der Waals surface area (Å²) in [6, 6.07) is 14.2. The lowest BCUT2D eigenvalue weighted by atomic mass is 10.3. The Balaban J connectivity index is 2.13. The van der Waals surface area contributed by atoms with Gasteiger partial charge in [-0.15, -0.1) is 0 Å². The van der Waals surface area contributed by atoms with Crippen molar-refractivity contribution in [2.75, 3.05) is 0 Å². The summed E-state index contributed by atoms with van der Waals surface area (Å²) in [5, 5.41) is 9.29. The van der Waals surface area contributed by atoms with E-state index in [0.29, 0.717) is 11.4 Å². The maximum absolute atomic E-state index is 11.3. The van der Waals surface area contributed by atoms with E-state index in [1.165, 1.54) is 4.40 Å². The van der Waals surface area contributed by atoms with Crippen molar-refractivity contribution in [1.82, 2.24) is 9.38 Å². The van der Waals surface area contributed by atoms with E-state index in [9.17, 15) is 9.90 Å². The SMILES string of the molecule is O=C(O)c1c(Oc2ccccc2)nc2ccccn12. The number of carboxylic acids is 1. The van der Waals surface area contributed by atoms with Crippen molar-refractivity contribution in [3.05, 3.63) is 60.4 Å². The summed E-state index contributed by atoms with van der Waals surface area (Å²) in [5.41, 5.74) is 0.547. The van der Waals surface area contributed by atoms with Crippen LogP contribution in [-0.4, -0.2) is 20.5 Å². The van der Waals surface area contributed by atoms with Crippen LogP contribution in [0.4, 0.5) is 0 Å². The molecular formula is C14H10N2O3. The summed E-state index contributed by atoms with van der Waals surface area (Å²) in [4.78, 5) is 15.5. The van der Waals surface area contributed by atoms with Gasteiger partial charge < -0.3 is 9.84 Å². The van der Waals surface area contributed by atoms with E-state index in [2.05, 4.69) is 4.98 Å². The molecule has 19 heavy (non-hydrogen) atoms. The van der Waals surface area contributed by atoms with Crippen molar-refractivity contribution in [3.8, 4) is 11.6 Å². The molecule has 94 valence electrons. The first kappa shape index (κ1) is 11.3. The summed E-state index contributed by atoms with van der Waals surface area (Å²) in [7, 11) is 0. The van der Waals surface area contributed by atoms with E-state index in [1.807, 2.05) is 18.2 Å². The first-order valence-corrected chi connectivity index (χ1v) is 5.69. The zero-order chi connectivity index (χ0) is 13.2. The Labute approximate surface area is 108 Å². The maximum atomic E-state index is 11.3. The normalized spacial score (nSPS) is 10.5. The molecule has 0 saturated heterocycles. The quantitative estimate of drug-likeness (QED) is 0.780. The lowest BCUT2D eigenvalue weighted by Gasteiger charge is -2.02. The van der Waals surface area contributed by atoms with Gasteiger partial charge in [-0.1, -0.05) is 24.3 Å². The molecule has 0 aliphatic rings. The summed E-state index contributed by atoms with van der Waals surface area (Å²) < 4.78 is 7.03. The second-order valence-electron chi connectivity index (χ2n) is 3.91. The maximum Gasteiger partial charge on any atom is 0.358 e. The molecule has 0 radical (unpaired) electrons. The van der Waals surface area contributed by atoms with Crippen molar-refractivity contribution < 1.29 is 14.6 Å². The van der Waals surface area contributed by atoms with Crippen LogP contribution < -0.4 is 4.74 Å². The Bertz CT molecular complexity index is 735. The van der Waals surface area contributed by atoms with Crippen LogP contribution >= 0.6 is 0 Å². The largest absolute Gasteiger partial charge is 0.476 e. The van der Waals surface area contributed by atoms with Crippen LogP contribution in [0.1, 0.15) is 10.5 Å². The van der Waals surface area contributed by atoms with Gasteiger partial charge in [0.25, 0.3) is 5.88 Å². The molecule has 0 atom stereocenters. The third-order valence-electron chi connectivity index (χ3n) is 2.66. The summed E-state index contributed by atoms with van der Waals surface area (Å²) >= 11 is 0. The summed E-state index contributed by atoms with van der Waals surface area (Å²) in [6.07, 6.45) is 1.64. The Morgan fingerprint density at radius 3 is 2.58 bits per heavy atom. The van der Waals surface area contributed by atoms with Gasteiger partial charge in [-0.3, -0.25) is 4.40 Å². The van der Waals surface area contributed by atoms with E-state index < -0.39 is 5.97 Å². The van der Waals surface area contributed by atoms with Crippen molar-refractivity contribution in [2.45, 2.75) is 0 Å². The number of para-hydroxylation sites is 1. The lowest BCUT2D eigenvalue weighted by Crippen LogP contribution is -2.03. The number of carboxylic acid groups (broad SMARTS) is 1. The molecule has 0 spiro atoms.